The Balaban J connectivity index is 1.68. The van der Waals surface area contributed by atoms with Crippen LogP contribution in [0.5, 0.6) is 11.5 Å². The normalized spacial score (nSPS) is 20.2. The van der Waals surface area contributed by atoms with Crippen LogP contribution in [0.1, 0.15) is 18.4 Å². The van der Waals surface area contributed by atoms with Gasteiger partial charge in [-0.2, -0.15) is 0 Å². The Morgan fingerprint density at radius 1 is 1.52 bits per heavy atom. The molecule has 21 heavy (non-hydrogen) atoms. The second kappa shape index (κ2) is 6.18. The summed E-state index contributed by atoms with van der Waals surface area (Å²) in [6.45, 7) is 1.98. The summed E-state index contributed by atoms with van der Waals surface area (Å²) in [6.07, 6.45) is 4.17. The highest BCUT2D eigenvalue weighted by atomic mass is 16.5. The second-order valence-electron chi connectivity index (χ2n) is 5.34. The van der Waals surface area contributed by atoms with Crippen LogP contribution in [0.4, 0.5) is 0 Å². The van der Waals surface area contributed by atoms with E-state index in [1.165, 1.54) is 6.42 Å². The van der Waals surface area contributed by atoms with E-state index >= 15 is 0 Å². The first kappa shape index (κ1) is 13.9. The maximum absolute atomic E-state index is 12.2. The van der Waals surface area contributed by atoms with Crippen molar-refractivity contribution in [2.45, 2.75) is 18.9 Å². The van der Waals surface area contributed by atoms with Gasteiger partial charge in [-0.1, -0.05) is 12.1 Å². The summed E-state index contributed by atoms with van der Waals surface area (Å²) in [5.41, 5.74) is 1.53. The fourth-order valence-electron chi connectivity index (χ4n) is 2.73. The van der Waals surface area contributed by atoms with Gasteiger partial charge in [0, 0.05) is 18.2 Å². The van der Waals surface area contributed by atoms with Crippen molar-refractivity contribution in [1.29, 1.82) is 0 Å². The minimum Gasteiger partial charge on any atom is -0.493 e. The van der Waals surface area contributed by atoms with Gasteiger partial charge < -0.3 is 20.1 Å². The molecule has 2 aliphatic heterocycles. The predicted octanol–water partition coefficient (Wildman–Crippen LogP) is 1.34. The van der Waals surface area contributed by atoms with Gasteiger partial charge in [0.1, 0.15) is 6.61 Å². The monoisotopic (exact) mass is 288 g/mol. The van der Waals surface area contributed by atoms with Gasteiger partial charge in [0.2, 0.25) is 0 Å². The van der Waals surface area contributed by atoms with Gasteiger partial charge >= 0.3 is 0 Å². The number of carbonyl (C=O) groups is 1. The number of rotatable bonds is 4. The lowest BCUT2D eigenvalue weighted by Gasteiger charge is -2.20. The molecule has 0 aromatic heterocycles. The average Bonchev–Trinajstić information content (AvgIpc) is 3.04. The molecule has 0 bridgehead atoms. The highest BCUT2D eigenvalue weighted by molar-refractivity contribution is 5.99. The average molecular weight is 288 g/mol. The van der Waals surface area contributed by atoms with Crippen LogP contribution in [0.2, 0.25) is 0 Å². The van der Waals surface area contributed by atoms with Crippen molar-refractivity contribution in [2.24, 2.45) is 0 Å². The van der Waals surface area contributed by atoms with Crippen molar-refractivity contribution in [1.82, 2.24) is 10.6 Å². The molecule has 2 heterocycles. The van der Waals surface area contributed by atoms with E-state index in [1.54, 1.807) is 7.11 Å². The van der Waals surface area contributed by atoms with Crippen molar-refractivity contribution < 1.29 is 14.3 Å². The lowest BCUT2D eigenvalue weighted by molar-refractivity contribution is -0.117. The molecule has 5 heteroatoms. The fraction of sp³-hybridized carbons (Fsp3) is 0.438. The van der Waals surface area contributed by atoms with Crippen LogP contribution < -0.4 is 20.1 Å². The lowest BCUT2D eigenvalue weighted by Crippen LogP contribution is -2.38. The van der Waals surface area contributed by atoms with Gasteiger partial charge in [-0.3, -0.25) is 4.79 Å². The first-order valence-corrected chi connectivity index (χ1v) is 7.30. The molecule has 5 nitrogen and oxygen atoms in total. The van der Waals surface area contributed by atoms with Gasteiger partial charge in [0.05, 0.1) is 12.7 Å². The molecule has 1 aromatic rings. The molecule has 1 amide bonds. The maximum Gasteiger partial charge on any atom is 0.250 e. The van der Waals surface area contributed by atoms with E-state index in [1.807, 2.05) is 24.3 Å². The van der Waals surface area contributed by atoms with Crippen molar-refractivity contribution >= 4 is 12.0 Å². The molecule has 0 spiro atoms. The van der Waals surface area contributed by atoms with E-state index in [2.05, 4.69) is 10.6 Å². The molecule has 0 aliphatic carbocycles. The summed E-state index contributed by atoms with van der Waals surface area (Å²) in [5.74, 6) is 1.34. The Morgan fingerprint density at radius 3 is 3.19 bits per heavy atom. The van der Waals surface area contributed by atoms with Crippen molar-refractivity contribution in [2.75, 3.05) is 26.8 Å². The van der Waals surface area contributed by atoms with Crippen molar-refractivity contribution in [3.8, 4) is 11.5 Å². The summed E-state index contributed by atoms with van der Waals surface area (Å²) in [7, 11) is 1.61. The molecule has 1 saturated heterocycles. The molecule has 1 unspecified atom stereocenters. The number of hydrogen-bond donors (Lipinski definition) is 2. The van der Waals surface area contributed by atoms with Crippen LogP contribution in [-0.4, -0.2) is 38.8 Å². The molecule has 0 radical (unpaired) electrons. The highest BCUT2D eigenvalue weighted by Crippen LogP contribution is 2.35. The second-order valence-corrected chi connectivity index (χ2v) is 5.34. The van der Waals surface area contributed by atoms with E-state index in [4.69, 9.17) is 9.47 Å². The molecule has 2 N–H and O–H groups in total. The van der Waals surface area contributed by atoms with Gasteiger partial charge in [0.15, 0.2) is 11.5 Å². The molecule has 1 aromatic carbocycles. The molecule has 3 rings (SSSR count). The zero-order valence-corrected chi connectivity index (χ0v) is 12.1. The van der Waals surface area contributed by atoms with Gasteiger partial charge in [0.25, 0.3) is 5.91 Å². The SMILES string of the molecule is COc1cccc2c1OCC(C(=O)NCC1CCCN1)=C2. The minimum atomic E-state index is -0.0582. The fourth-order valence-corrected chi connectivity index (χ4v) is 2.73. The standard InChI is InChI=1S/C16H20N2O3/c1-20-14-6-2-4-11-8-12(10-21-15(11)14)16(19)18-9-13-5-3-7-17-13/h2,4,6,8,13,17H,3,5,7,9-10H2,1H3,(H,18,19). The quantitative estimate of drug-likeness (QED) is 0.878. The van der Waals surface area contributed by atoms with Gasteiger partial charge in [-0.05, 0) is 31.5 Å². The van der Waals surface area contributed by atoms with E-state index in [9.17, 15) is 4.79 Å². The summed E-state index contributed by atoms with van der Waals surface area (Å²) in [5, 5.41) is 6.34. The number of nitrogens with one attached hydrogen (secondary N) is 2. The Hall–Kier alpha value is -2.01. The van der Waals surface area contributed by atoms with Crippen LogP contribution in [0.25, 0.3) is 6.08 Å². The maximum atomic E-state index is 12.2. The van der Waals surface area contributed by atoms with Crippen LogP contribution in [0, 0.1) is 0 Å². The van der Waals surface area contributed by atoms with E-state index in [0.717, 1.165) is 18.5 Å². The van der Waals surface area contributed by atoms with Gasteiger partial charge in [-0.15, -0.1) is 0 Å². The molecule has 112 valence electrons. The Bertz CT molecular complexity index is 563. The molecule has 1 fully saturated rings. The number of amides is 1. The minimum absolute atomic E-state index is 0.0582. The number of hydrogen-bond acceptors (Lipinski definition) is 4. The molecule has 1 atom stereocenters. The Kier molecular flexibility index (Phi) is 4.10. The lowest BCUT2D eigenvalue weighted by atomic mass is 10.1. The van der Waals surface area contributed by atoms with Crippen molar-refractivity contribution in [3.05, 3.63) is 29.3 Å². The number of ether oxygens (including phenoxy) is 2. The summed E-state index contributed by atoms with van der Waals surface area (Å²) < 4.78 is 10.9. The first-order valence-electron chi connectivity index (χ1n) is 7.30. The molecule has 0 saturated carbocycles. The van der Waals surface area contributed by atoms with Crippen LogP contribution in [0.3, 0.4) is 0 Å². The highest BCUT2D eigenvalue weighted by Gasteiger charge is 2.21. The third kappa shape index (κ3) is 3.03. The zero-order chi connectivity index (χ0) is 14.7. The van der Waals surface area contributed by atoms with Crippen LogP contribution >= 0.6 is 0 Å². The van der Waals surface area contributed by atoms with E-state index < -0.39 is 0 Å². The Morgan fingerprint density at radius 2 is 2.43 bits per heavy atom. The Labute approximate surface area is 124 Å². The number of methoxy groups -OCH3 is 1. The smallest absolute Gasteiger partial charge is 0.250 e. The zero-order valence-electron chi connectivity index (χ0n) is 12.1. The number of para-hydroxylation sites is 1. The summed E-state index contributed by atoms with van der Waals surface area (Å²) in [6, 6.07) is 6.05. The molecular formula is C16H20N2O3. The van der Waals surface area contributed by atoms with E-state index in [-0.39, 0.29) is 12.5 Å². The number of benzene rings is 1. The summed E-state index contributed by atoms with van der Waals surface area (Å²) in [4.78, 5) is 12.2. The number of carbonyl (C=O) groups excluding carboxylic acids is 1. The topological polar surface area (TPSA) is 59.6 Å². The largest absolute Gasteiger partial charge is 0.493 e. The predicted molar refractivity (Wildman–Crippen MR) is 80.5 cm³/mol. The van der Waals surface area contributed by atoms with E-state index in [0.29, 0.717) is 29.7 Å². The van der Waals surface area contributed by atoms with Crippen LogP contribution in [-0.2, 0) is 4.79 Å². The first-order chi connectivity index (χ1) is 10.3. The molecular weight excluding hydrogens is 268 g/mol. The summed E-state index contributed by atoms with van der Waals surface area (Å²) >= 11 is 0. The van der Waals surface area contributed by atoms with Crippen molar-refractivity contribution in [3.63, 3.8) is 0 Å². The number of fused-ring (bicyclic) bond motifs is 1. The third-order valence-electron chi connectivity index (χ3n) is 3.89. The third-order valence-corrected chi connectivity index (χ3v) is 3.89. The van der Waals surface area contributed by atoms with Gasteiger partial charge in [-0.25, -0.2) is 0 Å². The van der Waals surface area contributed by atoms with Crippen LogP contribution in [0.15, 0.2) is 23.8 Å². The molecule has 2 aliphatic rings.